The fraction of sp³-hybridized carbons (Fsp3) is 0.462. The van der Waals surface area contributed by atoms with Gasteiger partial charge in [0.25, 0.3) is 5.91 Å². The van der Waals surface area contributed by atoms with Crippen LogP contribution in [0.25, 0.3) is 0 Å². The second-order valence-electron chi connectivity index (χ2n) is 9.42. The number of piperidine rings is 2. The van der Waals surface area contributed by atoms with Crippen molar-refractivity contribution in [1.29, 1.82) is 0 Å². The van der Waals surface area contributed by atoms with Gasteiger partial charge in [-0.2, -0.15) is 0 Å². The summed E-state index contributed by atoms with van der Waals surface area (Å²) in [5.74, 6) is 0.153. The first-order chi connectivity index (χ1) is 16.2. The van der Waals surface area contributed by atoms with Gasteiger partial charge in [-0.3, -0.25) is 9.59 Å². The standard InChI is InChI=1S/C26H30Cl3N3O2/c1-30-12-9-18(10-13-30)26(34)32-14-11-24(21(16-32)19-5-8-22(28)23(29)15-19)31(2)25(33)17-3-6-20(27)7-4-17/h3-8,15,18,21,24H,9-14,16H2,1-2H3/t21-,24+/m0/s1. The van der Waals surface area contributed by atoms with Crippen LogP contribution in [0.3, 0.4) is 0 Å². The summed E-state index contributed by atoms with van der Waals surface area (Å²) in [6.07, 6.45) is 2.47. The van der Waals surface area contributed by atoms with E-state index in [1.54, 1.807) is 35.2 Å². The molecule has 2 aromatic carbocycles. The smallest absolute Gasteiger partial charge is 0.253 e. The van der Waals surface area contributed by atoms with Gasteiger partial charge in [0.15, 0.2) is 0 Å². The van der Waals surface area contributed by atoms with Crippen LogP contribution < -0.4 is 0 Å². The molecule has 0 bridgehead atoms. The van der Waals surface area contributed by atoms with Crippen LogP contribution in [0.5, 0.6) is 0 Å². The Hall–Kier alpha value is -1.79. The minimum Gasteiger partial charge on any atom is -0.342 e. The minimum atomic E-state index is -0.0815. The molecular weight excluding hydrogens is 493 g/mol. The third-order valence-electron chi connectivity index (χ3n) is 7.24. The molecule has 2 fully saturated rings. The van der Waals surface area contributed by atoms with E-state index in [1.807, 2.05) is 24.1 Å². The summed E-state index contributed by atoms with van der Waals surface area (Å²) in [5.41, 5.74) is 1.57. The van der Waals surface area contributed by atoms with Crippen LogP contribution in [0.15, 0.2) is 42.5 Å². The summed E-state index contributed by atoms with van der Waals surface area (Å²) in [7, 11) is 3.93. The molecule has 2 saturated heterocycles. The Bertz CT molecular complexity index is 1040. The molecule has 4 rings (SSSR count). The maximum Gasteiger partial charge on any atom is 0.253 e. The molecule has 0 saturated carbocycles. The van der Waals surface area contributed by atoms with Gasteiger partial charge in [0.1, 0.15) is 0 Å². The monoisotopic (exact) mass is 521 g/mol. The lowest BCUT2D eigenvalue weighted by molar-refractivity contribution is -0.138. The highest BCUT2D eigenvalue weighted by Gasteiger charge is 2.38. The van der Waals surface area contributed by atoms with Crippen molar-refractivity contribution in [1.82, 2.24) is 14.7 Å². The first-order valence-electron chi connectivity index (χ1n) is 11.7. The van der Waals surface area contributed by atoms with E-state index >= 15 is 0 Å². The lowest BCUT2D eigenvalue weighted by Crippen LogP contribution is -2.53. The Labute approximate surface area is 216 Å². The number of nitrogens with zero attached hydrogens (tertiary/aromatic N) is 3. The lowest BCUT2D eigenvalue weighted by Gasteiger charge is -2.44. The molecule has 5 nitrogen and oxygen atoms in total. The van der Waals surface area contributed by atoms with Crippen molar-refractivity contribution in [3.63, 3.8) is 0 Å². The Morgan fingerprint density at radius 2 is 1.59 bits per heavy atom. The summed E-state index contributed by atoms with van der Waals surface area (Å²) >= 11 is 18.5. The van der Waals surface area contributed by atoms with E-state index < -0.39 is 0 Å². The predicted octanol–water partition coefficient (Wildman–Crippen LogP) is 5.45. The van der Waals surface area contributed by atoms with Crippen molar-refractivity contribution in [2.75, 3.05) is 40.3 Å². The van der Waals surface area contributed by atoms with Gasteiger partial charge < -0.3 is 14.7 Å². The van der Waals surface area contributed by atoms with Crippen molar-refractivity contribution in [2.45, 2.75) is 31.2 Å². The van der Waals surface area contributed by atoms with Crippen LogP contribution in [-0.2, 0) is 4.79 Å². The predicted molar refractivity (Wildman–Crippen MR) is 138 cm³/mol. The van der Waals surface area contributed by atoms with Gasteiger partial charge in [0.2, 0.25) is 5.91 Å². The molecule has 2 heterocycles. The number of hydrogen-bond donors (Lipinski definition) is 0. The summed E-state index contributed by atoms with van der Waals surface area (Å²) in [6.45, 7) is 3.07. The average Bonchev–Trinajstić information content (AvgIpc) is 2.85. The SMILES string of the molecule is CN1CCC(C(=O)N2CC[C@@H](N(C)C(=O)c3ccc(Cl)cc3)[C@H](c3ccc(Cl)c(Cl)c3)C2)CC1. The Morgan fingerprint density at radius 3 is 2.24 bits per heavy atom. The molecule has 0 N–H and O–H groups in total. The van der Waals surface area contributed by atoms with E-state index in [1.165, 1.54) is 0 Å². The maximum absolute atomic E-state index is 13.4. The van der Waals surface area contributed by atoms with Gasteiger partial charge in [-0.15, -0.1) is 0 Å². The zero-order chi connectivity index (χ0) is 24.4. The van der Waals surface area contributed by atoms with Gasteiger partial charge >= 0.3 is 0 Å². The summed E-state index contributed by atoms with van der Waals surface area (Å²) < 4.78 is 0. The number of benzene rings is 2. The third kappa shape index (κ3) is 5.54. The lowest BCUT2D eigenvalue weighted by atomic mass is 9.83. The van der Waals surface area contributed by atoms with Gasteiger partial charge in [-0.1, -0.05) is 40.9 Å². The molecule has 34 heavy (non-hydrogen) atoms. The molecule has 0 spiro atoms. The van der Waals surface area contributed by atoms with Crippen LogP contribution in [-0.4, -0.2) is 72.8 Å². The number of likely N-dealkylation sites (N-methyl/N-ethyl adjacent to an activating group) is 1. The molecule has 2 aromatic rings. The van der Waals surface area contributed by atoms with E-state index in [9.17, 15) is 9.59 Å². The number of halogens is 3. The molecule has 2 atom stereocenters. The van der Waals surface area contributed by atoms with Crippen molar-refractivity contribution in [2.24, 2.45) is 5.92 Å². The normalized spacial score (nSPS) is 22.0. The number of carbonyl (C=O) groups excluding carboxylic acids is 2. The van der Waals surface area contributed by atoms with Gasteiger partial charge in [-0.25, -0.2) is 0 Å². The molecular formula is C26H30Cl3N3O2. The summed E-state index contributed by atoms with van der Waals surface area (Å²) in [6, 6.07) is 12.5. The zero-order valence-electron chi connectivity index (χ0n) is 19.5. The highest BCUT2D eigenvalue weighted by molar-refractivity contribution is 6.42. The van der Waals surface area contributed by atoms with Crippen molar-refractivity contribution < 1.29 is 9.59 Å². The van der Waals surface area contributed by atoms with Crippen LogP contribution >= 0.6 is 34.8 Å². The van der Waals surface area contributed by atoms with Gasteiger partial charge in [0.05, 0.1) is 10.0 Å². The molecule has 8 heteroatoms. The Kier molecular flexibility index (Phi) is 8.08. The topological polar surface area (TPSA) is 43.9 Å². The molecule has 182 valence electrons. The summed E-state index contributed by atoms with van der Waals surface area (Å²) in [5, 5.41) is 1.56. The molecule has 2 aliphatic heterocycles. The van der Waals surface area contributed by atoms with E-state index in [-0.39, 0.29) is 29.7 Å². The first-order valence-corrected chi connectivity index (χ1v) is 12.8. The van der Waals surface area contributed by atoms with E-state index in [2.05, 4.69) is 11.9 Å². The second kappa shape index (κ2) is 10.9. The van der Waals surface area contributed by atoms with Gasteiger partial charge in [0, 0.05) is 48.6 Å². The average molecular weight is 523 g/mol. The number of carbonyl (C=O) groups is 2. The Morgan fingerprint density at radius 1 is 0.912 bits per heavy atom. The van der Waals surface area contributed by atoms with Crippen LogP contribution in [0, 0.1) is 5.92 Å². The molecule has 0 aromatic heterocycles. The zero-order valence-corrected chi connectivity index (χ0v) is 21.8. The minimum absolute atomic E-state index is 0.0654. The van der Waals surface area contributed by atoms with E-state index in [0.717, 1.165) is 31.5 Å². The van der Waals surface area contributed by atoms with Crippen molar-refractivity contribution >= 4 is 46.6 Å². The Balaban J connectivity index is 1.58. The van der Waals surface area contributed by atoms with E-state index in [4.69, 9.17) is 34.8 Å². The van der Waals surface area contributed by atoms with Crippen molar-refractivity contribution in [3.8, 4) is 0 Å². The number of likely N-dealkylation sites (tertiary alicyclic amines) is 2. The molecule has 0 radical (unpaired) electrons. The molecule has 2 aliphatic rings. The highest BCUT2D eigenvalue weighted by atomic mass is 35.5. The number of rotatable bonds is 4. The van der Waals surface area contributed by atoms with Crippen LogP contribution in [0.2, 0.25) is 15.1 Å². The van der Waals surface area contributed by atoms with Gasteiger partial charge in [-0.05, 0) is 81.4 Å². The molecule has 0 unspecified atom stereocenters. The fourth-order valence-corrected chi connectivity index (χ4v) is 5.57. The quantitative estimate of drug-likeness (QED) is 0.537. The largest absolute Gasteiger partial charge is 0.342 e. The molecule has 2 amide bonds. The van der Waals surface area contributed by atoms with Crippen LogP contribution in [0.4, 0.5) is 0 Å². The highest BCUT2D eigenvalue weighted by Crippen LogP contribution is 2.35. The number of amides is 2. The third-order valence-corrected chi connectivity index (χ3v) is 8.23. The van der Waals surface area contributed by atoms with Crippen molar-refractivity contribution in [3.05, 3.63) is 68.7 Å². The van der Waals surface area contributed by atoms with E-state index in [0.29, 0.717) is 40.1 Å². The fourth-order valence-electron chi connectivity index (χ4n) is 5.13. The first kappa shape index (κ1) is 25.3. The second-order valence-corrected chi connectivity index (χ2v) is 10.7. The number of hydrogen-bond acceptors (Lipinski definition) is 3. The summed E-state index contributed by atoms with van der Waals surface area (Å²) in [4.78, 5) is 32.7. The molecule has 0 aliphatic carbocycles. The maximum atomic E-state index is 13.4. The van der Waals surface area contributed by atoms with Crippen LogP contribution in [0.1, 0.15) is 41.1 Å².